The zero-order valence-corrected chi connectivity index (χ0v) is 23.7. The van der Waals surface area contributed by atoms with E-state index in [2.05, 4.69) is 19.2 Å². The summed E-state index contributed by atoms with van der Waals surface area (Å²) >= 11 is 1.59. The van der Waals surface area contributed by atoms with Crippen molar-refractivity contribution in [3.8, 4) is 0 Å². The fourth-order valence-corrected chi connectivity index (χ4v) is 9.91. The molecule has 4 aliphatic carbocycles. The lowest BCUT2D eigenvalue weighted by Gasteiger charge is -2.58. The molecule has 6 nitrogen and oxygen atoms in total. The van der Waals surface area contributed by atoms with Crippen LogP contribution in [0.1, 0.15) is 104 Å². The second-order valence-corrected chi connectivity index (χ2v) is 13.6. The number of hydrogen-bond acceptors (Lipinski definition) is 5. The molecule has 0 bridgehead atoms. The number of carboxylic acids is 1. The zero-order valence-electron chi connectivity index (χ0n) is 22.9. The summed E-state index contributed by atoms with van der Waals surface area (Å²) in [7, 11) is 0. The first-order chi connectivity index (χ1) is 17.6. The van der Waals surface area contributed by atoms with Crippen molar-refractivity contribution in [3.63, 3.8) is 0 Å². The Morgan fingerprint density at radius 3 is 2.49 bits per heavy atom. The minimum atomic E-state index is -0.777. The Morgan fingerprint density at radius 1 is 0.973 bits per heavy atom. The highest BCUT2D eigenvalue weighted by atomic mass is 32.2. The first kappa shape index (κ1) is 28.4. The molecular formula is C30H45NO5S. The highest BCUT2D eigenvalue weighted by molar-refractivity contribution is 8.04. The standard InChI is InChI=1S/C30H45NO5S/c1-19(32)21-10-11-22-20-8-9-24-28(37-18-14-26(34)31-17-6-4-5-7-27(35)36)25(33)13-16-30(24,3)23(20)12-15-29(21,22)2/h20-23H,4-18H2,1-3H3,(H,31,34)(H,35,36)/t20-,21+,22-,23-,29+,30+/m0/s1. The van der Waals surface area contributed by atoms with Gasteiger partial charge in [0.05, 0.1) is 4.91 Å². The zero-order chi connectivity index (χ0) is 26.8. The van der Waals surface area contributed by atoms with Crippen molar-refractivity contribution in [1.82, 2.24) is 5.32 Å². The van der Waals surface area contributed by atoms with Crippen LogP contribution in [0.5, 0.6) is 0 Å². The molecule has 6 atom stereocenters. The molecule has 0 radical (unpaired) electrons. The van der Waals surface area contributed by atoms with E-state index in [4.69, 9.17) is 5.11 Å². The Hall–Kier alpha value is -1.63. The predicted octanol–water partition coefficient (Wildman–Crippen LogP) is 5.94. The third kappa shape index (κ3) is 5.72. The molecule has 4 rings (SSSR count). The fraction of sp³-hybridized carbons (Fsp3) is 0.800. The molecule has 0 aromatic heterocycles. The van der Waals surface area contributed by atoms with Crippen molar-refractivity contribution >= 4 is 35.2 Å². The van der Waals surface area contributed by atoms with Crippen LogP contribution in [-0.4, -0.2) is 40.8 Å². The molecule has 0 aromatic carbocycles. The summed E-state index contributed by atoms with van der Waals surface area (Å²) in [5.41, 5.74) is 1.57. The average molecular weight is 532 g/mol. The maximum atomic E-state index is 13.0. The number of unbranched alkanes of at least 4 members (excludes halogenated alkanes) is 2. The molecule has 0 aliphatic heterocycles. The maximum Gasteiger partial charge on any atom is 0.303 e. The summed E-state index contributed by atoms with van der Waals surface area (Å²) < 4.78 is 0. The summed E-state index contributed by atoms with van der Waals surface area (Å²) in [4.78, 5) is 49.3. The molecular weight excluding hydrogens is 486 g/mol. The predicted molar refractivity (Wildman–Crippen MR) is 146 cm³/mol. The van der Waals surface area contributed by atoms with E-state index in [0.717, 1.165) is 56.3 Å². The van der Waals surface area contributed by atoms with Gasteiger partial charge >= 0.3 is 5.97 Å². The molecule has 4 aliphatic rings. The Bertz CT molecular complexity index is 960. The van der Waals surface area contributed by atoms with Crippen molar-refractivity contribution in [1.29, 1.82) is 0 Å². The number of allylic oxidation sites excluding steroid dienone is 1. The van der Waals surface area contributed by atoms with Crippen LogP contribution in [0, 0.1) is 34.5 Å². The molecule has 3 fully saturated rings. The van der Waals surface area contributed by atoms with E-state index in [-0.39, 0.29) is 34.9 Å². The molecule has 206 valence electrons. The number of thioether (sulfide) groups is 1. The number of fused-ring (bicyclic) bond motifs is 5. The van der Waals surface area contributed by atoms with Gasteiger partial charge in [0.1, 0.15) is 5.78 Å². The number of amides is 1. The highest BCUT2D eigenvalue weighted by Crippen LogP contribution is 2.67. The molecule has 2 N–H and O–H groups in total. The van der Waals surface area contributed by atoms with Crippen LogP contribution >= 0.6 is 11.8 Å². The number of carbonyl (C=O) groups is 4. The second-order valence-electron chi connectivity index (χ2n) is 12.5. The van der Waals surface area contributed by atoms with Crippen molar-refractivity contribution < 1.29 is 24.3 Å². The minimum Gasteiger partial charge on any atom is -0.481 e. The SMILES string of the molecule is CC(=O)[C@H]1CC[C@H]2[C@@H]3CCC4=C(SCCC(=O)NCCCCCC(=O)O)C(=O)CC[C@]4(C)[C@H]3CC[C@]12C. The van der Waals surface area contributed by atoms with Gasteiger partial charge in [0, 0.05) is 37.5 Å². The van der Waals surface area contributed by atoms with Crippen LogP contribution in [0.15, 0.2) is 10.5 Å². The maximum absolute atomic E-state index is 13.0. The monoisotopic (exact) mass is 531 g/mol. The molecule has 7 heteroatoms. The van der Waals surface area contributed by atoms with Gasteiger partial charge in [0.15, 0.2) is 5.78 Å². The Kier molecular flexibility index (Phi) is 8.92. The largest absolute Gasteiger partial charge is 0.481 e. The number of ketones is 2. The third-order valence-corrected chi connectivity index (χ3v) is 11.7. The molecule has 37 heavy (non-hydrogen) atoms. The van der Waals surface area contributed by atoms with Crippen LogP contribution in [0.2, 0.25) is 0 Å². The first-order valence-electron chi connectivity index (χ1n) is 14.5. The van der Waals surface area contributed by atoms with E-state index in [1.165, 1.54) is 12.0 Å². The molecule has 0 heterocycles. The topological polar surface area (TPSA) is 101 Å². The van der Waals surface area contributed by atoms with E-state index in [0.29, 0.717) is 55.1 Å². The molecule has 0 aromatic rings. The van der Waals surface area contributed by atoms with E-state index in [1.54, 1.807) is 18.7 Å². The van der Waals surface area contributed by atoms with Crippen molar-refractivity contribution in [2.75, 3.05) is 12.3 Å². The van der Waals surface area contributed by atoms with E-state index < -0.39 is 5.97 Å². The van der Waals surface area contributed by atoms with Crippen LogP contribution in [0.3, 0.4) is 0 Å². The van der Waals surface area contributed by atoms with Gasteiger partial charge in [-0.25, -0.2) is 0 Å². The Balaban J connectivity index is 1.35. The highest BCUT2D eigenvalue weighted by Gasteiger charge is 2.60. The van der Waals surface area contributed by atoms with Crippen molar-refractivity contribution in [2.45, 2.75) is 104 Å². The number of carboxylic acid groups (broad SMARTS) is 1. The average Bonchev–Trinajstić information content (AvgIpc) is 3.20. The summed E-state index contributed by atoms with van der Waals surface area (Å²) in [5, 5.41) is 11.6. The van der Waals surface area contributed by atoms with Crippen LogP contribution in [-0.2, 0) is 19.2 Å². The summed E-state index contributed by atoms with van der Waals surface area (Å²) in [6.07, 6.45) is 10.9. The molecule has 0 saturated heterocycles. The van der Waals surface area contributed by atoms with Crippen LogP contribution in [0.4, 0.5) is 0 Å². The van der Waals surface area contributed by atoms with Gasteiger partial charge in [0.2, 0.25) is 5.91 Å². The van der Waals surface area contributed by atoms with Crippen LogP contribution in [0.25, 0.3) is 0 Å². The molecule has 0 spiro atoms. The minimum absolute atomic E-state index is 0.00103. The lowest BCUT2D eigenvalue weighted by molar-refractivity contribution is -0.137. The fourth-order valence-electron chi connectivity index (χ4n) is 8.64. The second kappa shape index (κ2) is 11.6. The summed E-state index contributed by atoms with van der Waals surface area (Å²) in [5.74, 6) is 2.55. The number of rotatable bonds is 11. The lowest BCUT2D eigenvalue weighted by Crippen LogP contribution is -2.51. The summed E-state index contributed by atoms with van der Waals surface area (Å²) in [6.45, 7) is 7.14. The van der Waals surface area contributed by atoms with Gasteiger partial charge in [-0.15, -0.1) is 11.8 Å². The Labute approximate surface area is 226 Å². The van der Waals surface area contributed by atoms with Crippen LogP contribution < -0.4 is 5.32 Å². The van der Waals surface area contributed by atoms with Gasteiger partial charge in [-0.2, -0.15) is 0 Å². The van der Waals surface area contributed by atoms with Crippen molar-refractivity contribution in [2.24, 2.45) is 34.5 Å². The normalized spacial score (nSPS) is 34.9. The van der Waals surface area contributed by atoms with E-state index >= 15 is 0 Å². The first-order valence-corrected chi connectivity index (χ1v) is 15.4. The molecule has 3 saturated carbocycles. The van der Waals surface area contributed by atoms with Crippen molar-refractivity contribution in [3.05, 3.63) is 10.5 Å². The third-order valence-electron chi connectivity index (χ3n) is 10.5. The quantitative estimate of drug-likeness (QED) is 0.320. The van der Waals surface area contributed by atoms with Gasteiger partial charge < -0.3 is 10.4 Å². The lowest BCUT2D eigenvalue weighted by atomic mass is 9.46. The molecule has 1 amide bonds. The van der Waals surface area contributed by atoms with Gasteiger partial charge in [-0.1, -0.05) is 20.3 Å². The summed E-state index contributed by atoms with van der Waals surface area (Å²) in [6, 6.07) is 0. The smallest absolute Gasteiger partial charge is 0.303 e. The number of Topliss-reactive ketones (excluding diaryl/α,β-unsaturated/α-hetero) is 2. The van der Waals surface area contributed by atoms with Gasteiger partial charge in [0.25, 0.3) is 0 Å². The number of hydrogen-bond donors (Lipinski definition) is 2. The number of carbonyl (C=O) groups excluding carboxylic acids is 3. The Morgan fingerprint density at radius 2 is 1.76 bits per heavy atom. The number of nitrogens with one attached hydrogen (secondary N) is 1. The molecule has 0 unspecified atom stereocenters. The number of aliphatic carboxylic acids is 1. The van der Waals surface area contributed by atoms with E-state index in [1.807, 2.05) is 0 Å². The van der Waals surface area contributed by atoms with Gasteiger partial charge in [-0.3, -0.25) is 19.2 Å². The van der Waals surface area contributed by atoms with E-state index in [9.17, 15) is 19.2 Å². The van der Waals surface area contributed by atoms with Gasteiger partial charge in [-0.05, 0) is 98.9 Å².